The molecule has 2 aromatic carbocycles. The van der Waals surface area contributed by atoms with Crippen LogP contribution in [0.5, 0.6) is 0 Å². The molecule has 1 heterocycles. The number of halogens is 2. The highest BCUT2D eigenvalue weighted by Crippen LogP contribution is 2.24. The van der Waals surface area contributed by atoms with E-state index in [0.29, 0.717) is 5.69 Å². The molecule has 0 aliphatic heterocycles. The predicted octanol–water partition coefficient (Wildman–Crippen LogP) is 3.65. The number of aryl methyl sites for hydroxylation is 1. The first-order valence-electron chi connectivity index (χ1n) is 8.91. The number of para-hydroxylation sites is 1. The van der Waals surface area contributed by atoms with Crippen LogP contribution in [0.25, 0.3) is 11.3 Å². The average molecular weight is 399 g/mol. The fourth-order valence-corrected chi connectivity index (χ4v) is 2.67. The Morgan fingerprint density at radius 1 is 1.14 bits per heavy atom. The number of aromatic nitrogens is 1. The summed E-state index contributed by atoms with van der Waals surface area (Å²) in [6.07, 6.45) is 1.58. The van der Waals surface area contributed by atoms with Gasteiger partial charge in [-0.1, -0.05) is 18.2 Å². The summed E-state index contributed by atoms with van der Waals surface area (Å²) in [6, 6.07) is 12.1. The third-order valence-corrected chi connectivity index (χ3v) is 4.17. The standard InChI is InChI=1S/C21H19F2N3O3/c1-26(13-19(27)25-15-5-3-2-4-6-15)21(28)10-9-20-24-12-18(29-20)16-8-7-14(22)11-17(16)23/h2-8,11-12H,9-10,13H2,1H3,(H,25,27). The Labute approximate surface area is 166 Å². The molecule has 2 amide bonds. The molecule has 29 heavy (non-hydrogen) atoms. The van der Waals surface area contributed by atoms with Crippen molar-refractivity contribution in [3.8, 4) is 11.3 Å². The number of benzene rings is 2. The maximum atomic E-state index is 13.8. The van der Waals surface area contributed by atoms with E-state index in [2.05, 4.69) is 10.3 Å². The highest BCUT2D eigenvalue weighted by Gasteiger charge is 2.16. The first-order valence-corrected chi connectivity index (χ1v) is 8.91. The molecule has 0 radical (unpaired) electrons. The van der Waals surface area contributed by atoms with Crippen LogP contribution in [0.3, 0.4) is 0 Å². The van der Waals surface area contributed by atoms with Crippen LogP contribution in [0, 0.1) is 11.6 Å². The van der Waals surface area contributed by atoms with Crippen LogP contribution >= 0.6 is 0 Å². The van der Waals surface area contributed by atoms with Crippen molar-refractivity contribution in [3.05, 3.63) is 72.3 Å². The fourth-order valence-electron chi connectivity index (χ4n) is 2.67. The van der Waals surface area contributed by atoms with Crippen LogP contribution in [0.1, 0.15) is 12.3 Å². The second-order valence-electron chi connectivity index (χ2n) is 6.41. The smallest absolute Gasteiger partial charge is 0.243 e. The van der Waals surface area contributed by atoms with Crippen LogP contribution in [0.4, 0.5) is 14.5 Å². The quantitative estimate of drug-likeness (QED) is 0.658. The summed E-state index contributed by atoms with van der Waals surface area (Å²) in [4.78, 5) is 29.6. The number of hydrogen-bond donors (Lipinski definition) is 1. The maximum Gasteiger partial charge on any atom is 0.243 e. The van der Waals surface area contributed by atoms with Gasteiger partial charge < -0.3 is 14.6 Å². The van der Waals surface area contributed by atoms with Crippen molar-refractivity contribution in [3.63, 3.8) is 0 Å². The number of oxazole rings is 1. The zero-order chi connectivity index (χ0) is 20.8. The molecule has 0 bridgehead atoms. The molecule has 3 aromatic rings. The lowest BCUT2D eigenvalue weighted by atomic mass is 10.2. The van der Waals surface area contributed by atoms with Crippen molar-refractivity contribution >= 4 is 17.5 Å². The summed E-state index contributed by atoms with van der Waals surface area (Å²) in [5.74, 6) is -1.61. The van der Waals surface area contributed by atoms with E-state index in [1.165, 1.54) is 24.2 Å². The normalized spacial score (nSPS) is 10.6. The van der Waals surface area contributed by atoms with E-state index in [4.69, 9.17) is 4.42 Å². The van der Waals surface area contributed by atoms with Gasteiger partial charge in [0.25, 0.3) is 0 Å². The second kappa shape index (κ2) is 9.09. The molecular weight excluding hydrogens is 380 g/mol. The number of carbonyl (C=O) groups excluding carboxylic acids is 2. The second-order valence-corrected chi connectivity index (χ2v) is 6.41. The van der Waals surface area contributed by atoms with Crippen molar-refractivity contribution in [2.24, 2.45) is 0 Å². The Kier molecular flexibility index (Phi) is 6.33. The first kappa shape index (κ1) is 20.2. The van der Waals surface area contributed by atoms with E-state index < -0.39 is 11.6 Å². The molecule has 8 heteroatoms. The first-order chi connectivity index (χ1) is 13.9. The molecule has 1 aromatic heterocycles. The molecule has 0 atom stereocenters. The Bertz CT molecular complexity index is 1010. The van der Waals surface area contributed by atoms with Crippen LogP contribution in [0.15, 0.2) is 59.1 Å². The molecule has 0 fully saturated rings. The summed E-state index contributed by atoms with van der Waals surface area (Å²) in [6.45, 7) is -0.0919. The third-order valence-electron chi connectivity index (χ3n) is 4.17. The Morgan fingerprint density at radius 3 is 2.62 bits per heavy atom. The predicted molar refractivity (Wildman–Crippen MR) is 103 cm³/mol. The lowest BCUT2D eigenvalue weighted by Gasteiger charge is -2.16. The Morgan fingerprint density at radius 2 is 1.90 bits per heavy atom. The number of rotatable bonds is 7. The molecule has 1 N–H and O–H groups in total. The highest BCUT2D eigenvalue weighted by molar-refractivity contribution is 5.94. The van der Waals surface area contributed by atoms with Gasteiger partial charge in [-0.05, 0) is 24.3 Å². The monoisotopic (exact) mass is 399 g/mol. The van der Waals surface area contributed by atoms with Gasteiger partial charge in [0.05, 0.1) is 18.3 Å². The minimum Gasteiger partial charge on any atom is -0.441 e. The van der Waals surface area contributed by atoms with Gasteiger partial charge in [-0.15, -0.1) is 0 Å². The lowest BCUT2D eigenvalue weighted by Crippen LogP contribution is -2.35. The summed E-state index contributed by atoms with van der Waals surface area (Å²) in [5, 5.41) is 2.71. The summed E-state index contributed by atoms with van der Waals surface area (Å²) in [5.41, 5.74) is 0.741. The Balaban J connectivity index is 1.51. The molecule has 0 unspecified atom stereocenters. The van der Waals surface area contributed by atoms with Gasteiger partial charge in [-0.2, -0.15) is 0 Å². The molecule has 3 rings (SSSR count). The van der Waals surface area contributed by atoms with E-state index in [9.17, 15) is 18.4 Å². The van der Waals surface area contributed by atoms with Crippen LogP contribution in [-0.2, 0) is 16.0 Å². The molecule has 0 saturated heterocycles. The largest absolute Gasteiger partial charge is 0.441 e. The van der Waals surface area contributed by atoms with Crippen LogP contribution in [-0.4, -0.2) is 35.3 Å². The summed E-state index contributed by atoms with van der Waals surface area (Å²) in [7, 11) is 1.53. The van der Waals surface area contributed by atoms with Crippen molar-refractivity contribution < 1.29 is 22.8 Å². The van der Waals surface area contributed by atoms with Gasteiger partial charge in [-0.3, -0.25) is 9.59 Å². The zero-order valence-electron chi connectivity index (χ0n) is 15.7. The van der Waals surface area contributed by atoms with Gasteiger partial charge in [-0.25, -0.2) is 13.8 Å². The fraction of sp³-hybridized carbons (Fsp3) is 0.190. The minimum absolute atomic E-state index is 0.0704. The number of amides is 2. The molecular formula is C21H19F2N3O3. The highest BCUT2D eigenvalue weighted by atomic mass is 19.1. The van der Waals surface area contributed by atoms with E-state index in [0.717, 1.165) is 12.1 Å². The van der Waals surface area contributed by atoms with E-state index in [-0.39, 0.29) is 48.4 Å². The molecule has 0 saturated carbocycles. The number of hydrogen-bond acceptors (Lipinski definition) is 4. The number of carbonyl (C=O) groups is 2. The number of anilines is 1. The van der Waals surface area contributed by atoms with E-state index in [1.807, 2.05) is 6.07 Å². The minimum atomic E-state index is -0.757. The molecule has 6 nitrogen and oxygen atoms in total. The molecule has 150 valence electrons. The van der Waals surface area contributed by atoms with Gasteiger partial charge >= 0.3 is 0 Å². The third kappa shape index (κ3) is 5.47. The van der Waals surface area contributed by atoms with Gasteiger partial charge in [0, 0.05) is 31.6 Å². The van der Waals surface area contributed by atoms with Gasteiger partial charge in [0.15, 0.2) is 11.7 Å². The SMILES string of the molecule is CN(CC(=O)Nc1ccccc1)C(=O)CCc1ncc(-c2ccc(F)cc2F)o1. The average Bonchev–Trinajstić information content (AvgIpc) is 3.15. The van der Waals surface area contributed by atoms with E-state index >= 15 is 0 Å². The Hall–Kier alpha value is -3.55. The zero-order valence-corrected chi connectivity index (χ0v) is 15.7. The topological polar surface area (TPSA) is 75.4 Å². The van der Waals surface area contributed by atoms with Crippen molar-refractivity contribution in [1.82, 2.24) is 9.88 Å². The molecule has 0 aliphatic rings. The van der Waals surface area contributed by atoms with E-state index in [1.54, 1.807) is 24.3 Å². The molecule has 0 aliphatic carbocycles. The van der Waals surface area contributed by atoms with Gasteiger partial charge in [0.2, 0.25) is 11.8 Å². The number of likely N-dealkylation sites (N-methyl/N-ethyl adjacent to an activating group) is 1. The summed E-state index contributed by atoms with van der Waals surface area (Å²) < 4.78 is 32.3. The number of nitrogens with zero attached hydrogens (tertiary/aromatic N) is 2. The van der Waals surface area contributed by atoms with Crippen molar-refractivity contribution in [1.29, 1.82) is 0 Å². The van der Waals surface area contributed by atoms with Crippen molar-refractivity contribution in [2.75, 3.05) is 18.9 Å². The lowest BCUT2D eigenvalue weighted by molar-refractivity contribution is -0.133. The van der Waals surface area contributed by atoms with Crippen LogP contribution < -0.4 is 5.32 Å². The van der Waals surface area contributed by atoms with Crippen LogP contribution in [0.2, 0.25) is 0 Å². The van der Waals surface area contributed by atoms with Gasteiger partial charge in [0.1, 0.15) is 11.6 Å². The molecule has 0 spiro atoms. The maximum absolute atomic E-state index is 13.8. The summed E-state index contributed by atoms with van der Waals surface area (Å²) >= 11 is 0. The van der Waals surface area contributed by atoms with Crippen molar-refractivity contribution in [2.45, 2.75) is 12.8 Å². The number of nitrogens with one attached hydrogen (secondary N) is 1.